The Hall–Kier alpha value is -8.20. The maximum Gasteiger partial charge on any atom is 0.136 e. The number of nitrogens with zero attached hydrogens (tertiary/aromatic N) is 1. The quantitative estimate of drug-likeness (QED) is 0.176. The number of hydrogen-bond donors (Lipinski definition) is 0. The second-order valence-electron chi connectivity index (χ2n) is 18.7. The van der Waals surface area contributed by atoms with Gasteiger partial charge in [-0.2, -0.15) is 0 Å². The second kappa shape index (κ2) is 13.7. The Morgan fingerprint density at radius 3 is 1.67 bits per heavy atom. The first kappa shape index (κ1) is 37.2. The van der Waals surface area contributed by atoms with Crippen molar-refractivity contribution in [3.63, 3.8) is 0 Å². The van der Waals surface area contributed by atoms with Gasteiger partial charge in [-0.15, -0.1) is 0 Å². The van der Waals surface area contributed by atoms with Crippen LogP contribution in [0.5, 0.6) is 0 Å². The highest BCUT2D eigenvalue weighted by Gasteiger charge is 2.50. The normalized spacial score (nSPS) is 15.6. The molecule has 1 aromatic heterocycles. The molecule has 3 aliphatic carbocycles. The van der Waals surface area contributed by atoms with Crippen molar-refractivity contribution >= 4 is 39.0 Å². The van der Waals surface area contributed by atoms with E-state index in [9.17, 15) is 0 Å². The number of furan rings is 1. The topological polar surface area (TPSA) is 16.4 Å². The maximum absolute atomic E-state index is 6.60. The molecule has 2 nitrogen and oxygen atoms in total. The highest BCUT2D eigenvalue weighted by atomic mass is 16.3. The van der Waals surface area contributed by atoms with Gasteiger partial charge in [0.05, 0.1) is 11.1 Å². The van der Waals surface area contributed by atoms with Crippen LogP contribution < -0.4 is 4.90 Å². The average Bonchev–Trinajstić information content (AvgIpc) is 3.95. The molecule has 1 unspecified atom stereocenters. The SMILES string of the molecule is CC1(C)c2ccccc2-c2ccc(N(c3ccc4c(c3)-c3ccccc3-c3ccccc3C43c4ccccc4-c4c3ccc3oc5ccccc5c43)c3ccccc3-c3ccccc3)cc21. The van der Waals surface area contributed by atoms with Crippen molar-refractivity contribution in [2.24, 2.45) is 0 Å². The van der Waals surface area contributed by atoms with Gasteiger partial charge in [0, 0.05) is 33.1 Å². The molecule has 10 aromatic carbocycles. The molecule has 0 amide bonds. The monoisotopic (exact) mass is 841 g/mol. The molecule has 0 fully saturated rings. The molecular formula is C64H43NO. The van der Waals surface area contributed by atoms with Crippen LogP contribution in [0.15, 0.2) is 229 Å². The summed E-state index contributed by atoms with van der Waals surface area (Å²) in [4.78, 5) is 2.51. The molecule has 0 aliphatic heterocycles. The highest BCUT2D eigenvalue weighted by molar-refractivity contribution is 6.16. The summed E-state index contributed by atoms with van der Waals surface area (Å²) in [6.07, 6.45) is 0. The fourth-order valence-electron chi connectivity index (χ4n) is 12.3. The Kier molecular flexibility index (Phi) is 7.70. The molecular weight excluding hydrogens is 799 g/mol. The molecule has 1 spiro atoms. The highest BCUT2D eigenvalue weighted by Crippen LogP contribution is 2.64. The van der Waals surface area contributed by atoms with Gasteiger partial charge in [0.15, 0.2) is 0 Å². The lowest BCUT2D eigenvalue weighted by molar-refractivity contribution is 0.660. The van der Waals surface area contributed by atoms with Gasteiger partial charge in [0.1, 0.15) is 11.2 Å². The first-order valence-corrected chi connectivity index (χ1v) is 23.1. The van der Waals surface area contributed by atoms with Crippen molar-refractivity contribution < 1.29 is 4.42 Å². The minimum absolute atomic E-state index is 0.160. The minimum atomic E-state index is -0.641. The van der Waals surface area contributed by atoms with Gasteiger partial charge in [-0.25, -0.2) is 0 Å². The van der Waals surface area contributed by atoms with Crippen molar-refractivity contribution in [3.05, 3.63) is 258 Å². The Morgan fingerprint density at radius 1 is 0.348 bits per heavy atom. The zero-order chi connectivity index (χ0) is 43.7. The van der Waals surface area contributed by atoms with Crippen molar-refractivity contribution in [3.8, 4) is 55.6 Å². The van der Waals surface area contributed by atoms with E-state index in [1.165, 1.54) is 94.4 Å². The van der Waals surface area contributed by atoms with Crippen LogP contribution in [0.1, 0.15) is 47.2 Å². The molecule has 0 saturated heterocycles. The Labute approximate surface area is 384 Å². The largest absolute Gasteiger partial charge is 0.456 e. The number of hydrogen-bond acceptors (Lipinski definition) is 2. The van der Waals surface area contributed by atoms with E-state index < -0.39 is 5.41 Å². The maximum atomic E-state index is 6.60. The van der Waals surface area contributed by atoms with Crippen LogP contribution in [-0.4, -0.2) is 0 Å². The van der Waals surface area contributed by atoms with Crippen LogP contribution >= 0.6 is 0 Å². The van der Waals surface area contributed by atoms with E-state index in [0.29, 0.717) is 0 Å². The van der Waals surface area contributed by atoms with E-state index in [1.807, 2.05) is 0 Å². The number of anilines is 3. The molecule has 66 heavy (non-hydrogen) atoms. The van der Waals surface area contributed by atoms with Crippen molar-refractivity contribution in [1.82, 2.24) is 0 Å². The third kappa shape index (κ3) is 4.91. The van der Waals surface area contributed by atoms with Crippen LogP contribution in [0.4, 0.5) is 17.1 Å². The fraction of sp³-hybridized carbons (Fsp3) is 0.0625. The first-order valence-electron chi connectivity index (χ1n) is 23.1. The predicted octanol–water partition coefficient (Wildman–Crippen LogP) is 17.0. The zero-order valence-electron chi connectivity index (χ0n) is 36.7. The average molecular weight is 842 g/mol. The molecule has 3 aliphatic rings. The van der Waals surface area contributed by atoms with Gasteiger partial charge in [-0.05, 0) is 126 Å². The van der Waals surface area contributed by atoms with Gasteiger partial charge in [0.25, 0.3) is 0 Å². The van der Waals surface area contributed by atoms with Crippen LogP contribution in [0.2, 0.25) is 0 Å². The zero-order valence-corrected chi connectivity index (χ0v) is 36.7. The molecule has 0 N–H and O–H groups in total. The van der Waals surface area contributed by atoms with Crippen LogP contribution in [0.25, 0.3) is 77.6 Å². The molecule has 14 rings (SSSR count). The van der Waals surface area contributed by atoms with E-state index in [1.54, 1.807) is 0 Å². The molecule has 310 valence electrons. The lowest BCUT2D eigenvalue weighted by Crippen LogP contribution is -2.29. The third-order valence-electron chi connectivity index (χ3n) is 15.1. The van der Waals surface area contributed by atoms with Crippen molar-refractivity contribution in [1.29, 1.82) is 0 Å². The summed E-state index contributed by atoms with van der Waals surface area (Å²) in [6, 6.07) is 83.5. The summed E-state index contributed by atoms with van der Waals surface area (Å²) in [6.45, 7) is 4.75. The van der Waals surface area contributed by atoms with E-state index >= 15 is 0 Å². The first-order chi connectivity index (χ1) is 32.5. The third-order valence-corrected chi connectivity index (χ3v) is 15.1. The summed E-state index contributed by atoms with van der Waals surface area (Å²) >= 11 is 0. The van der Waals surface area contributed by atoms with Crippen molar-refractivity contribution in [2.75, 3.05) is 4.90 Å². The minimum Gasteiger partial charge on any atom is -0.456 e. The molecule has 11 aromatic rings. The number of para-hydroxylation sites is 2. The lowest BCUT2D eigenvalue weighted by atomic mass is 9.66. The Bertz CT molecular complexity index is 3810. The summed E-state index contributed by atoms with van der Waals surface area (Å²) in [5.41, 5.74) is 24.6. The summed E-state index contributed by atoms with van der Waals surface area (Å²) in [5.74, 6) is 0. The summed E-state index contributed by atoms with van der Waals surface area (Å²) < 4.78 is 6.60. The number of fused-ring (bicyclic) bond motifs is 19. The Balaban J connectivity index is 1.09. The van der Waals surface area contributed by atoms with Gasteiger partial charge < -0.3 is 9.32 Å². The van der Waals surface area contributed by atoms with Crippen LogP contribution in [0.3, 0.4) is 0 Å². The molecule has 1 atom stereocenters. The van der Waals surface area contributed by atoms with Gasteiger partial charge >= 0.3 is 0 Å². The lowest BCUT2D eigenvalue weighted by Gasteiger charge is -2.36. The molecule has 2 heteroatoms. The molecule has 1 heterocycles. The number of benzene rings is 10. The van der Waals surface area contributed by atoms with E-state index in [2.05, 4.69) is 243 Å². The van der Waals surface area contributed by atoms with E-state index in [0.717, 1.165) is 33.6 Å². The van der Waals surface area contributed by atoms with Gasteiger partial charge in [0.2, 0.25) is 0 Å². The molecule has 0 bridgehead atoms. The standard InChI is InChI=1S/C64H43NO/c1-63(2)52-27-13-8-24-47(52)48-34-32-42(39-57(48)63)65(58-30-16-11-20-43(58)40-18-4-3-5-19-40)41-33-35-55-51(38-41)45-22-7-6-21-44(45)46-23-9-14-28-53(46)64(55)54-29-15-10-25-49(54)61-56(64)36-37-60-62(61)50-26-12-17-31-59(50)66-60/h3-39H,1-2H3. The summed E-state index contributed by atoms with van der Waals surface area (Å²) in [5, 5.41) is 2.32. The van der Waals surface area contributed by atoms with Gasteiger partial charge in [-0.1, -0.05) is 196 Å². The second-order valence-corrected chi connectivity index (χ2v) is 18.7. The van der Waals surface area contributed by atoms with Crippen LogP contribution in [0, 0.1) is 0 Å². The smallest absolute Gasteiger partial charge is 0.136 e. The van der Waals surface area contributed by atoms with Crippen LogP contribution in [-0.2, 0) is 10.8 Å². The fourth-order valence-corrected chi connectivity index (χ4v) is 12.3. The van der Waals surface area contributed by atoms with E-state index in [-0.39, 0.29) is 5.41 Å². The van der Waals surface area contributed by atoms with E-state index in [4.69, 9.17) is 4.42 Å². The summed E-state index contributed by atoms with van der Waals surface area (Å²) in [7, 11) is 0. The number of rotatable bonds is 4. The Morgan fingerprint density at radius 2 is 0.879 bits per heavy atom. The predicted molar refractivity (Wildman–Crippen MR) is 273 cm³/mol. The van der Waals surface area contributed by atoms with Crippen molar-refractivity contribution in [2.45, 2.75) is 24.7 Å². The molecule has 0 radical (unpaired) electrons. The van der Waals surface area contributed by atoms with Gasteiger partial charge in [-0.3, -0.25) is 0 Å². The molecule has 0 saturated carbocycles.